The van der Waals surface area contributed by atoms with Crippen molar-refractivity contribution in [1.82, 2.24) is 0 Å². The smallest absolute Gasteiger partial charge is 0.264 e. The molecule has 0 aliphatic heterocycles. The third-order valence-corrected chi connectivity index (χ3v) is 6.53. The molecule has 0 aliphatic carbocycles. The molecule has 6 heteroatoms. The summed E-state index contributed by atoms with van der Waals surface area (Å²) in [6.07, 6.45) is 0. The van der Waals surface area contributed by atoms with Crippen LogP contribution >= 0.6 is 0 Å². The third kappa shape index (κ3) is 4.66. The maximum atomic E-state index is 13.6. The molecule has 0 saturated carbocycles. The van der Waals surface area contributed by atoms with Crippen molar-refractivity contribution in [3.05, 3.63) is 90.0 Å². The molecule has 0 saturated heterocycles. The first kappa shape index (κ1) is 20.6. The molecule has 29 heavy (non-hydrogen) atoms. The van der Waals surface area contributed by atoms with Crippen LogP contribution < -0.4 is 9.62 Å². The maximum absolute atomic E-state index is 13.6. The molecule has 0 spiro atoms. The van der Waals surface area contributed by atoms with Gasteiger partial charge in [-0.1, -0.05) is 48.0 Å². The number of carbonyl (C=O) groups excluding carboxylic acids is 1. The van der Waals surface area contributed by atoms with Crippen molar-refractivity contribution in [3.8, 4) is 0 Å². The Balaban J connectivity index is 2.06. The molecule has 1 N–H and O–H groups in total. The minimum absolute atomic E-state index is 0.162. The largest absolute Gasteiger partial charge is 0.326 e. The molecule has 1 amide bonds. The van der Waals surface area contributed by atoms with E-state index in [4.69, 9.17) is 0 Å². The number of para-hydroxylation sites is 1. The molecule has 3 rings (SSSR count). The number of anilines is 2. The van der Waals surface area contributed by atoms with Crippen LogP contribution in [0, 0.1) is 6.92 Å². The second kappa shape index (κ2) is 8.49. The summed E-state index contributed by atoms with van der Waals surface area (Å²) in [6.45, 7) is 5.27. The fraction of sp³-hybridized carbons (Fsp3) is 0.174. The Labute approximate surface area is 172 Å². The molecular weight excluding hydrogens is 384 g/mol. The van der Waals surface area contributed by atoms with Crippen LogP contribution in [-0.4, -0.2) is 14.3 Å². The summed E-state index contributed by atoms with van der Waals surface area (Å²) in [5, 5.41) is 2.65. The second-order valence-electron chi connectivity index (χ2n) is 6.93. The van der Waals surface area contributed by atoms with Gasteiger partial charge in [-0.25, -0.2) is 8.42 Å². The van der Waals surface area contributed by atoms with E-state index in [-0.39, 0.29) is 10.8 Å². The molecule has 0 unspecified atom stereocenters. The predicted octanol–water partition coefficient (Wildman–Crippen LogP) is 4.91. The Bertz CT molecular complexity index is 1090. The molecule has 1 atom stereocenters. The van der Waals surface area contributed by atoms with Crippen LogP contribution in [0.15, 0.2) is 83.8 Å². The van der Waals surface area contributed by atoms with Crippen molar-refractivity contribution in [3.63, 3.8) is 0 Å². The number of rotatable bonds is 6. The minimum atomic E-state index is -3.84. The number of sulfonamides is 1. The monoisotopic (exact) mass is 408 g/mol. The van der Waals surface area contributed by atoms with Gasteiger partial charge in [0.1, 0.15) is 0 Å². The normalized spacial score (nSPS) is 12.2. The average molecular weight is 409 g/mol. The number of hydrogen-bond acceptors (Lipinski definition) is 3. The van der Waals surface area contributed by atoms with Gasteiger partial charge in [0.25, 0.3) is 10.0 Å². The Morgan fingerprint density at radius 3 is 2.17 bits per heavy atom. The number of nitrogens with zero attached hydrogens (tertiary/aromatic N) is 1. The lowest BCUT2D eigenvalue weighted by Crippen LogP contribution is -2.33. The van der Waals surface area contributed by atoms with Crippen molar-refractivity contribution >= 4 is 27.3 Å². The van der Waals surface area contributed by atoms with Gasteiger partial charge in [-0.05, 0) is 55.8 Å². The van der Waals surface area contributed by atoms with Gasteiger partial charge in [-0.3, -0.25) is 9.10 Å². The Kier molecular flexibility index (Phi) is 6.03. The minimum Gasteiger partial charge on any atom is -0.326 e. The Morgan fingerprint density at radius 1 is 0.931 bits per heavy atom. The zero-order valence-corrected chi connectivity index (χ0v) is 17.5. The van der Waals surface area contributed by atoms with E-state index in [9.17, 15) is 13.2 Å². The highest BCUT2D eigenvalue weighted by atomic mass is 32.2. The predicted molar refractivity (Wildman–Crippen MR) is 116 cm³/mol. The fourth-order valence-corrected chi connectivity index (χ4v) is 4.88. The van der Waals surface area contributed by atoms with Gasteiger partial charge < -0.3 is 5.32 Å². The third-order valence-electron chi connectivity index (χ3n) is 4.62. The lowest BCUT2D eigenvalue weighted by atomic mass is 10.1. The van der Waals surface area contributed by atoms with Gasteiger partial charge in [0.05, 0.1) is 16.6 Å². The van der Waals surface area contributed by atoms with Gasteiger partial charge in [0.15, 0.2) is 0 Å². The first-order chi connectivity index (χ1) is 13.8. The van der Waals surface area contributed by atoms with Crippen LogP contribution in [-0.2, 0) is 14.8 Å². The summed E-state index contributed by atoms with van der Waals surface area (Å²) in [6, 6.07) is 22.7. The molecule has 0 aromatic heterocycles. The molecule has 150 valence electrons. The van der Waals surface area contributed by atoms with Crippen LogP contribution in [0.2, 0.25) is 0 Å². The van der Waals surface area contributed by atoms with E-state index in [1.807, 2.05) is 56.3 Å². The van der Waals surface area contributed by atoms with Gasteiger partial charge in [0, 0.05) is 12.6 Å². The van der Waals surface area contributed by atoms with Gasteiger partial charge >= 0.3 is 0 Å². The van der Waals surface area contributed by atoms with Crippen molar-refractivity contribution < 1.29 is 13.2 Å². The number of hydrogen-bond donors (Lipinski definition) is 1. The summed E-state index contributed by atoms with van der Waals surface area (Å²) < 4.78 is 28.6. The first-order valence-corrected chi connectivity index (χ1v) is 10.8. The topological polar surface area (TPSA) is 66.5 Å². The van der Waals surface area contributed by atoms with E-state index >= 15 is 0 Å². The summed E-state index contributed by atoms with van der Waals surface area (Å²) in [4.78, 5) is 11.4. The van der Waals surface area contributed by atoms with Crippen LogP contribution in [0.4, 0.5) is 11.4 Å². The standard InChI is InChI=1S/C23H24N2O3S/c1-17-8-7-9-20(16-17)18(2)25(22-10-5-4-6-11-22)29(27,28)23-14-12-21(13-15-23)24-19(3)26/h4-16,18H,1-3H3,(H,24,26)/t18-/m1/s1. The number of nitrogens with one attached hydrogen (secondary N) is 1. The van der Waals surface area contributed by atoms with E-state index < -0.39 is 16.1 Å². The van der Waals surface area contributed by atoms with Crippen LogP contribution in [0.5, 0.6) is 0 Å². The SMILES string of the molecule is CC(=O)Nc1ccc(S(=O)(=O)N(c2ccccc2)[C@H](C)c2cccc(C)c2)cc1. The summed E-state index contributed by atoms with van der Waals surface area (Å²) in [5.74, 6) is -0.209. The van der Waals surface area contributed by atoms with E-state index in [1.165, 1.54) is 23.4 Å². The molecule has 0 heterocycles. The van der Waals surface area contributed by atoms with Gasteiger partial charge in [-0.15, -0.1) is 0 Å². The second-order valence-corrected chi connectivity index (χ2v) is 8.75. The van der Waals surface area contributed by atoms with E-state index in [1.54, 1.807) is 24.3 Å². The van der Waals surface area contributed by atoms with Crippen LogP contribution in [0.3, 0.4) is 0 Å². The highest BCUT2D eigenvalue weighted by molar-refractivity contribution is 7.92. The van der Waals surface area contributed by atoms with Gasteiger partial charge in [-0.2, -0.15) is 0 Å². The maximum Gasteiger partial charge on any atom is 0.264 e. The Hall–Kier alpha value is -3.12. The van der Waals surface area contributed by atoms with Crippen molar-refractivity contribution in [1.29, 1.82) is 0 Å². The fourth-order valence-electron chi connectivity index (χ4n) is 3.24. The lowest BCUT2D eigenvalue weighted by molar-refractivity contribution is -0.114. The number of aryl methyl sites for hydroxylation is 1. The molecular formula is C23H24N2O3S. The lowest BCUT2D eigenvalue weighted by Gasteiger charge is -2.31. The highest BCUT2D eigenvalue weighted by Crippen LogP contribution is 2.33. The van der Waals surface area contributed by atoms with E-state index in [2.05, 4.69) is 5.32 Å². The first-order valence-electron chi connectivity index (χ1n) is 9.33. The van der Waals surface area contributed by atoms with Crippen molar-refractivity contribution in [2.24, 2.45) is 0 Å². The Morgan fingerprint density at radius 2 is 1.59 bits per heavy atom. The summed E-state index contributed by atoms with van der Waals surface area (Å²) in [5.41, 5.74) is 3.12. The van der Waals surface area contributed by atoms with Crippen molar-refractivity contribution in [2.75, 3.05) is 9.62 Å². The van der Waals surface area contributed by atoms with E-state index in [0.717, 1.165) is 11.1 Å². The molecule has 3 aromatic rings. The molecule has 0 aliphatic rings. The molecule has 3 aromatic carbocycles. The zero-order chi connectivity index (χ0) is 21.0. The molecule has 5 nitrogen and oxygen atoms in total. The van der Waals surface area contributed by atoms with E-state index in [0.29, 0.717) is 11.4 Å². The number of amides is 1. The zero-order valence-electron chi connectivity index (χ0n) is 16.7. The molecule has 0 radical (unpaired) electrons. The van der Waals surface area contributed by atoms with Crippen LogP contribution in [0.25, 0.3) is 0 Å². The summed E-state index contributed by atoms with van der Waals surface area (Å²) >= 11 is 0. The number of benzene rings is 3. The highest BCUT2D eigenvalue weighted by Gasteiger charge is 2.30. The van der Waals surface area contributed by atoms with Gasteiger partial charge in [0.2, 0.25) is 5.91 Å². The molecule has 0 bridgehead atoms. The van der Waals surface area contributed by atoms with Crippen LogP contribution in [0.1, 0.15) is 31.0 Å². The average Bonchev–Trinajstić information content (AvgIpc) is 2.68. The quantitative estimate of drug-likeness (QED) is 0.630. The van der Waals surface area contributed by atoms with Crippen molar-refractivity contribution in [2.45, 2.75) is 31.7 Å². The number of carbonyl (C=O) groups is 1. The summed E-state index contributed by atoms with van der Waals surface area (Å²) in [7, 11) is -3.84. The molecule has 0 fully saturated rings.